The van der Waals surface area contributed by atoms with Crippen LogP contribution in [0.15, 0.2) is 22.7 Å². The zero-order valence-corrected chi connectivity index (χ0v) is 10.5. The Morgan fingerprint density at radius 3 is 2.73 bits per heavy atom. The molecule has 0 aliphatic rings. The van der Waals surface area contributed by atoms with Crippen LogP contribution in [0.3, 0.4) is 0 Å². The second-order valence-electron chi connectivity index (χ2n) is 3.98. The van der Waals surface area contributed by atoms with Crippen LogP contribution in [-0.2, 0) is 11.0 Å². The summed E-state index contributed by atoms with van der Waals surface area (Å²) in [5.41, 5.74) is 0.678. The van der Waals surface area contributed by atoms with Crippen LogP contribution < -0.4 is 0 Å². The van der Waals surface area contributed by atoms with Crippen LogP contribution in [0.2, 0.25) is 5.15 Å². The monoisotopic (exact) mass is 244 g/mol. The summed E-state index contributed by atoms with van der Waals surface area (Å²) in [4.78, 5) is 3.89. The quantitative estimate of drug-likeness (QED) is 0.593. The molecule has 1 atom stereocenters. The highest BCUT2D eigenvalue weighted by Crippen LogP contribution is 2.13. The Labute approximate surface area is 97.2 Å². The lowest BCUT2D eigenvalue weighted by atomic mass is 10.3. The summed E-state index contributed by atoms with van der Waals surface area (Å²) >= 11 is 5.82. The molecule has 1 rings (SSSR count). The van der Waals surface area contributed by atoms with E-state index in [1.54, 1.807) is 18.3 Å². The van der Waals surface area contributed by atoms with Crippen LogP contribution in [-0.4, -0.2) is 20.2 Å². The Kier molecular flexibility index (Phi) is 3.99. The van der Waals surface area contributed by atoms with Crippen LogP contribution >= 0.6 is 11.6 Å². The van der Waals surface area contributed by atoms with Crippen molar-refractivity contribution in [3.8, 4) is 0 Å². The van der Waals surface area contributed by atoms with Crippen molar-refractivity contribution < 1.29 is 4.21 Å². The molecule has 82 valence electrons. The van der Waals surface area contributed by atoms with E-state index >= 15 is 0 Å². The first-order valence-electron chi connectivity index (χ1n) is 4.48. The SMILES string of the molecule is CC(C)(C)[S@](=O)/N=C/c1cccnc1Cl. The zero-order valence-electron chi connectivity index (χ0n) is 8.90. The van der Waals surface area contributed by atoms with Crippen molar-refractivity contribution in [2.45, 2.75) is 25.5 Å². The summed E-state index contributed by atoms with van der Waals surface area (Å²) < 4.78 is 15.2. The van der Waals surface area contributed by atoms with Gasteiger partial charge >= 0.3 is 0 Å². The minimum atomic E-state index is -1.26. The largest absolute Gasteiger partial charge is 0.244 e. The molecule has 0 aliphatic heterocycles. The lowest BCUT2D eigenvalue weighted by molar-refractivity contribution is 0.651. The van der Waals surface area contributed by atoms with Gasteiger partial charge in [-0.3, -0.25) is 0 Å². The molecule has 5 heteroatoms. The third-order valence-corrected chi connectivity index (χ3v) is 3.26. The highest BCUT2D eigenvalue weighted by Gasteiger charge is 2.18. The molecule has 0 aromatic carbocycles. The number of pyridine rings is 1. The van der Waals surface area contributed by atoms with Gasteiger partial charge in [-0.2, -0.15) is 4.40 Å². The Morgan fingerprint density at radius 1 is 1.53 bits per heavy atom. The van der Waals surface area contributed by atoms with Gasteiger partial charge in [0.2, 0.25) is 0 Å². The van der Waals surface area contributed by atoms with E-state index in [1.807, 2.05) is 20.8 Å². The Balaban J connectivity index is 2.84. The first-order chi connectivity index (χ1) is 6.91. The van der Waals surface area contributed by atoms with Gasteiger partial charge in [-0.1, -0.05) is 11.6 Å². The van der Waals surface area contributed by atoms with E-state index < -0.39 is 11.0 Å². The van der Waals surface area contributed by atoms with Gasteiger partial charge in [-0.25, -0.2) is 9.19 Å². The third-order valence-electron chi connectivity index (χ3n) is 1.60. The van der Waals surface area contributed by atoms with Gasteiger partial charge in [0.05, 0.1) is 4.75 Å². The summed E-state index contributed by atoms with van der Waals surface area (Å²) in [7, 11) is -1.26. The van der Waals surface area contributed by atoms with Crippen molar-refractivity contribution in [1.82, 2.24) is 4.98 Å². The molecule has 0 bridgehead atoms. The van der Waals surface area contributed by atoms with Crippen LogP contribution in [0.1, 0.15) is 26.3 Å². The maximum atomic E-state index is 11.6. The predicted octanol–water partition coefficient (Wildman–Crippen LogP) is 2.62. The van der Waals surface area contributed by atoms with Crippen molar-refractivity contribution in [3.05, 3.63) is 29.0 Å². The molecular weight excluding hydrogens is 232 g/mol. The number of halogens is 1. The molecule has 15 heavy (non-hydrogen) atoms. The molecule has 0 spiro atoms. The fourth-order valence-electron chi connectivity index (χ4n) is 0.758. The van der Waals surface area contributed by atoms with Gasteiger partial charge in [0.1, 0.15) is 16.1 Å². The molecule has 1 aromatic heterocycles. The van der Waals surface area contributed by atoms with E-state index in [-0.39, 0.29) is 4.75 Å². The lowest BCUT2D eigenvalue weighted by Crippen LogP contribution is -2.19. The number of hydrogen-bond donors (Lipinski definition) is 0. The third kappa shape index (κ3) is 3.72. The summed E-state index contributed by atoms with van der Waals surface area (Å²) in [5, 5.41) is 0.368. The second-order valence-corrected chi connectivity index (χ2v) is 6.27. The Bertz CT molecular complexity index is 399. The van der Waals surface area contributed by atoms with Crippen molar-refractivity contribution >= 4 is 28.8 Å². The summed E-state index contributed by atoms with van der Waals surface area (Å²) in [6.07, 6.45) is 3.09. The normalized spacial score (nSPS) is 14.4. The second kappa shape index (κ2) is 4.86. The first kappa shape index (κ1) is 12.3. The molecule has 3 nitrogen and oxygen atoms in total. The molecule has 0 aliphatic carbocycles. The maximum Gasteiger partial charge on any atom is 0.144 e. The standard InChI is InChI=1S/C10H13ClN2OS/c1-10(2,3)15(14)13-7-8-5-4-6-12-9(8)11/h4-7H,1-3H3/b13-7+/t15-/m0/s1. The van der Waals surface area contributed by atoms with E-state index in [4.69, 9.17) is 11.6 Å². The van der Waals surface area contributed by atoms with Gasteiger partial charge in [0.15, 0.2) is 0 Å². The first-order valence-corrected chi connectivity index (χ1v) is 5.96. The zero-order chi connectivity index (χ0) is 11.5. The Hall–Kier alpha value is -0.740. The smallest absolute Gasteiger partial charge is 0.144 e. The van der Waals surface area contributed by atoms with Crippen molar-refractivity contribution in [3.63, 3.8) is 0 Å². The van der Waals surface area contributed by atoms with Gasteiger partial charge in [-0.05, 0) is 32.9 Å². The number of nitrogens with zero attached hydrogens (tertiary/aromatic N) is 2. The van der Waals surface area contributed by atoms with Gasteiger partial charge in [-0.15, -0.1) is 0 Å². The molecule has 1 heterocycles. The van der Waals surface area contributed by atoms with E-state index in [1.165, 1.54) is 6.21 Å². The molecule has 1 aromatic rings. The van der Waals surface area contributed by atoms with Crippen molar-refractivity contribution in [2.24, 2.45) is 4.40 Å². The number of aromatic nitrogens is 1. The van der Waals surface area contributed by atoms with Gasteiger partial charge in [0, 0.05) is 18.0 Å². The fraction of sp³-hybridized carbons (Fsp3) is 0.400. The van der Waals surface area contributed by atoms with Crippen LogP contribution in [0.25, 0.3) is 0 Å². The van der Waals surface area contributed by atoms with Crippen LogP contribution in [0, 0.1) is 0 Å². The van der Waals surface area contributed by atoms with Crippen molar-refractivity contribution in [2.75, 3.05) is 0 Å². The molecule has 0 N–H and O–H groups in total. The highest BCUT2D eigenvalue weighted by atomic mass is 35.5. The van der Waals surface area contributed by atoms with Crippen LogP contribution in [0.5, 0.6) is 0 Å². The lowest BCUT2D eigenvalue weighted by Gasteiger charge is -2.12. The van der Waals surface area contributed by atoms with Gasteiger partial charge < -0.3 is 0 Å². The highest BCUT2D eigenvalue weighted by molar-refractivity contribution is 7.85. The van der Waals surface area contributed by atoms with E-state index in [2.05, 4.69) is 9.38 Å². The summed E-state index contributed by atoms with van der Waals surface area (Å²) in [6.45, 7) is 5.60. The number of hydrogen-bond acceptors (Lipinski definition) is 2. The van der Waals surface area contributed by atoms with Crippen LogP contribution in [0.4, 0.5) is 0 Å². The molecule has 0 amide bonds. The average Bonchev–Trinajstić information content (AvgIpc) is 2.14. The minimum absolute atomic E-state index is 0.356. The van der Waals surface area contributed by atoms with Gasteiger partial charge in [0.25, 0.3) is 0 Å². The van der Waals surface area contributed by atoms with E-state index in [0.29, 0.717) is 10.7 Å². The fourth-order valence-corrected chi connectivity index (χ4v) is 1.45. The molecule has 0 saturated heterocycles. The molecule has 0 radical (unpaired) electrons. The predicted molar refractivity (Wildman–Crippen MR) is 64.7 cm³/mol. The number of rotatable bonds is 2. The van der Waals surface area contributed by atoms with E-state index in [0.717, 1.165) is 0 Å². The summed E-state index contributed by atoms with van der Waals surface area (Å²) in [6, 6.07) is 3.53. The van der Waals surface area contributed by atoms with Crippen molar-refractivity contribution in [1.29, 1.82) is 0 Å². The average molecular weight is 245 g/mol. The molecule has 0 saturated carbocycles. The molecule has 0 unspecified atom stereocenters. The molecule has 0 fully saturated rings. The molecular formula is C10H13ClN2OS. The minimum Gasteiger partial charge on any atom is -0.244 e. The van der Waals surface area contributed by atoms with E-state index in [9.17, 15) is 4.21 Å². The Morgan fingerprint density at radius 2 is 2.20 bits per heavy atom. The maximum absolute atomic E-state index is 11.6. The topological polar surface area (TPSA) is 42.3 Å². The summed E-state index contributed by atoms with van der Waals surface area (Å²) in [5.74, 6) is 0.